The van der Waals surface area contributed by atoms with Gasteiger partial charge in [0.15, 0.2) is 0 Å². The van der Waals surface area contributed by atoms with E-state index in [0.717, 1.165) is 44.7 Å². The second kappa shape index (κ2) is 9.34. The summed E-state index contributed by atoms with van der Waals surface area (Å²) in [6.07, 6.45) is 1.36. The van der Waals surface area contributed by atoms with E-state index in [9.17, 15) is 9.18 Å². The zero-order valence-corrected chi connectivity index (χ0v) is 15.0. The van der Waals surface area contributed by atoms with Crippen LogP contribution in [-0.4, -0.2) is 50.1 Å². The van der Waals surface area contributed by atoms with Crippen molar-refractivity contribution in [2.45, 2.75) is 12.8 Å². The van der Waals surface area contributed by atoms with Crippen LogP contribution >= 0.6 is 0 Å². The van der Waals surface area contributed by atoms with E-state index >= 15 is 0 Å². The Morgan fingerprint density at radius 2 is 1.62 bits per heavy atom. The molecule has 4 nitrogen and oxygen atoms in total. The van der Waals surface area contributed by atoms with Crippen molar-refractivity contribution < 1.29 is 9.18 Å². The highest BCUT2D eigenvalue weighted by atomic mass is 19.1. The van der Waals surface area contributed by atoms with Gasteiger partial charge in [-0.2, -0.15) is 0 Å². The van der Waals surface area contributed by atoms with Crippen molar-refractivity contribution in [3.05, 3.63) is 66.0 Å². The van der Waals surface area contributed by atoms with Gasteiger partial charge in [-0.1, -0.05) is 30.3 Å². The van der Waals surface area contributed by atoms with Gasteiger partial charge in [-0.25, -0.2) is 4.39 Å². The molecule has 1 N–H and O–H groups in total. The predicted molar refractivity (Wildman–Crippen MR) is 103 cm³/mol. The molecule has 1 aliphatic rings. The summed E-state index contributed by atoms with van der Waals surface area (Å²) in [5, 5.41) is 3.30. The number of carbonyl (C=O) groups is 1. The third-order valence-corrected chi connectivity index (χ3v) is 4.77. The molecule has 0 aliphatic carbocycles. The monoisotopic (exact) mass is 355 g/mol. The van der Waals surface area contributed by atoms with Crippen LogP contribution in [0.1, 0.15) is 12.0 Å². The number of benzene rings is 2. The van der Waals surface area contributed by atoms with Crippen LogP contribution in [0.3, 0.4) is 0 Å². The van der Waals surface area contributed by atoms with Gasteiger partial charge in [0, 0.05) is 44.8 Å². The highest BCUT2D eigenvalue weighted by Crippen LogP contribution is 2.15. The van der Waals surface area contributed by atoms with E-state index in [2.05, 4.69) is 22.3 Å². The molecule has 1 aliphatic heterocycles. The van der Waals surface area contributed by atoms with E-state index in [4.69, 9.17) is 0 Å². The Labute approximate surface area is 154 Å². The fourth-order valence-electron chi connectivity index (χ4n) is 3.22. The van der Waals surface area contributed by atoms with Crippen molar-refractivity contribution in [1.29, 1.82) is 0 Å². The topological polar surface area (TPSA) is 35.6 Å². The second-order valence-corrected chi connectivity index (χ2v) is 6.58. The maximum absolute atomic E-state index is 12.9. The Bertz CT molecular complexity index is 682. The molecule has 26 heavy (non-hydrogen) atoms. The van der Waals surface area contributed by atoms with Crippen molar-refractivity contribution >= 4 is 11.6 Å². The third kappa shape index (κ3) is 5.30. The normalized spacial score (nSPS) is 14.5. The van der Waals surface area contributed by atoms with Gasteiger partial charge >= 0.3 is 0 Å². The van der Waals surface area contributed by atoms with Gasteiger partial charge in [-0.15, -0.1) is 0 Å². The van der Waals surface area contributed by atoms with E-state index in [-0.39, 0.29) is 11.7 Å². The quantitative estimate of drug-likeness (QED) is 0.776. The smallest absolute Gasteiger partial charge is 0.223 e. The summed E-state index contributed by atoms with van der Waals surface area (Å²) in [6.45, 7) is 4.80. The first-order chi connectivity index (χ1) is 12.7. The molecule has 0 saturated carbocycles. The van der Waals surface area contributed by atoms with E-state index in [1.54, 1.807) is 12.1 Å². The Kier molecular flexibility index (Phi) is 6.61. The second-order valence-electron chi connectivity index (χ2n) is 6.58. The number of para-hydroxylation sites is 1. The highest BCUT2D eigenvalue weighted by Gasteiger charge is 2.20. The minimum Gasteiger partial charge on any atom is -0.368 e. The molecule has 1 amide bonds. The fourth-order valence-corrected chi connectivity index (χ4v) is 3.22. The molecule has 1 heterocycles. The van der Waals surface area contributed by atoms with Crippen LogP contribution in [0.2, 0.25) is 0 Å². The van der Waals surface area contributed by atoms with Gasteiger partial charge in [-0.3, -0.25) is 4.79 Å². The maximum atomic E-state index is 12.9. The molecule has 1 fully saturated rings. The van der Waals surface area contributed by atoms with E-state index < -0.39 is 0 Å². The molecular weight excluding hydrogens is 329 g/mol. The number of anilines is 1. The number of amides is 1. The molecular formula is C21H26FN3O. The number of halogens is 1. The summed E-state index contributed by atoms with van der Waals surface area (Å²) in [5.74, 6) is 0.00617. The zero-order valence-electron chi connectivity index (χ0n) is 15.0. The molecule has 2 aromatic carbocycles. The summed E-state index contributed by atoms with van der Waals surface area (Å²) < 4.78 is 12.9. The number of rotatable bonds is 7. The molecule has 138 valence electrons. The summed E-state index contributed by atoms with van der Waals surface area (Å²) in [5.41, 5.74) is 2.32. The molecule has 0 bridgehead atoms. The number of nitrogens with one attached hydrogen (secondary N) is 1. The lowest BCUT2D eigenvalue weighted by molar-refractivity contribution is -0.131. The van der Waals surface area contributed by atoms with Gasteiger partial charge in [0.1, 0.15) is 5.82 Å². The van der Waals surface area contributed by atoms with Crippen molar-refractivity contribution in [2.24, 2.45) is 0 Å². The van der Waals surface area contributed by atoms with Crippen molar-refractivity contribution in [2.75, 3.05) is 44.2 Å². The number of hydrogen-bond donors (Lipinski definition) is 1. The Balaban J connectivity index is 1.31. The first kappa shape index (κ1) is 18.4. The fraction of sp³-hybridized carbons (Fsp3) is 0.381. The van der Waals surface area contributed by atoms with Crippen LogP contribution in [0.4, 0.5) is 10.1 Å². The van der Waals surface area contributed by atoms with E-state index in [1.165, 1.54) is 17.8 Å². The number of carbonyl (C=O) groups excluding carboxylic acids is 1. The summed E-state index contributed by atoms with van der Waals surface area (Å²) in [6, 6.07) is 16.9. The lowest BCUT2D eigenvalue weighted by atomic mass is 10.1. The molecule has 5 heteroatoms. The average molecular weight is 355 g/mol. The Morgan fingerprint density at radius 1 is 0.923 bits per heavy atom. The van der Waals surface area contributed by atoms with E-state index in [1.807, 2.05) is 23.1 Å². The largest absolute Gasteiger partial charge is 0.368 e. The van der Waals surface area contributed by atoms with Crippen molar-refractivity contribution in [3.8, 4) is 0 Å². The first-order valence-electron chi connectivity index (χ1n) is 9.25. The number of nitrogens with zero attached hydrogens (tertiary/aromatic N) is 2. The van der Waals surface area contributed by atoms with Crippen LogP contribution in [0.25, 0.3) is 0 Å². The molecule has 1 saturated heterocycles. The standard InChI is InChI=1S/C21H26FN3O/c22-19-8-6-18(7-9-19)10-12-23-13-11-21(26)25-16-14-24(15-17-25)20-4-2-1-3-5-20/h1-9,23H,10-17H2. The lowest BCUT2D eigenvalue weighted by Crippen LogP contribution is -2.49. The molecule has 3 rings (SSSR count). The molecule has 0 radical (unpaired) electrons. The predicted octanol–water partition coefficient (Wildman–Crippen LogP) is 2.70. The van der Waals surface area contributed by atoms with Crippen LogP contribution in [0.15, 0.2) is 54.6 Å². The van der Waals surface area contributed by atoms with Gasteiger partial charge in [0.05, 0.1) is 0 Å². The van der Waals surface area contributed by atoms with Crippen molar-refractivity contribution in [3.63, 3.8) is 0 Å². The zero-order chi connectivity index (χ0) is 18.2. The number of hydrogen-bond acceptors (Lipinski definition) is 3. The summed E-state index contributed by atoms with van der Waals surface area (Å²) in [4.78, 5) is 16.6. The van der Waals surface area contributed by atoms with Crippen LogP contribution in [0.5, 0.6) is 0 Å². The van der Waals surface area contributed by atoms with Crippen LogP contribution in [0, 0.1) is 5.82 Å². The first-order valence-corrected chi connectivity index (χ1v) is 9.25. The molecule has 0 atom stereocenters. The van der Waals surface area contributed by atoms with Crippen LogP contribution < -0.4 is 10.2 Å². The Morgan fingerprint density at radius 3 is 2.31 bits per heavy atom. The molecule has 0 aromatic heterocycles. The van der Waals surface area contributed by atoms with Gasteiger partial charge in [0.2, 0.25) is 5.91 Å². The molecule has 0 spiro atoms. The lowest BCUT2D eigenvalue weighted by Gasteiger charge is -2.36. The SMILES string of the molecule is O=C(CCNCCc1ccc(F)cc1)N1CCN(c2ccccc2)CC1. The van der Waals surface area contributed by atoms with Gasteiger partial charge < -0.3 is 15.1 Å². The van der Waals surface area contributed by atoms with Crippen LogP contribution in [-0.2, 0) is 11.2 Å². The van der Waals surface area contributed by atoms with Gasteiger partial charge in [0.25, 0.3) is 0 Å². The number of piperazine rings is 1. The maximum Gasteiger partial charge on any atom is 0.223 e. The van der Waals surface area contributed by atoms with E-state index in [0.29, 0.717) is 13.0 Å². The minimum absolute atomic E-state index is 0.209. The summed E-state index contributed by atoms with van der Waals surface area (Å²) in [7, 11) is 0. The van der Waals surface area contributed by atoms with Crippen molar-refractivity contribution in [1.82, 2.24) is 10.2 Å². The highest BCUT2D eigenvalue weighted by molar-refractivity contribution is 5.76. The van der Waals surface area contributed by atoms with Gasteiger partial charge in [-0.05, 0) is 42.8 Å². The molecule has 2 aromatic rings. The Hall–Kier alpha value is -2.40. The molecule has 0 unspecified atom stereocenters. The third-order valence-electron chi connectivity index (χ3n) is 4.77. The summed E-state index contributed by atoms with van der Waals surface area (Å²) >= 11 is 0. The minimum atomic E-state index is -0.209. The average Bonchev–Trinajstić information content (AvgIpc) is 2.70.